The Labute approximate surface area is 137 Å². The second-order valence-electron chi connectivity index (χ2n) is 6.32. The van der Waals surface area contributed by atoms with Gasteiger partial charge in [-0.3, -0.25) is 4.79 Å². The molecule has 7 heteroatoms. The first-order valence-corrected chi connectivity index (χ1v) is 8.31. The summed E-state index contributed by atoms with van der Waals surface area (Å²) in [5.74, 6) is -0.369. The van der Waals surface area contributed by atoms with Gasteiger partial charge >= 0.3 is 6.18 Å². The predicted molar refractivity (Wildman–Crippen MR) is 84.7 cm³/mol. The number of pyridine rings is 1. The van der Waals surface area contributed by atoms with Gasteiger partial charge in [0.15, 0.2) is 0 Å². The fourth-order valence-corrected chi connectivity index (χ4v) is 3.26. The highest BCUT2D eigenvalue weighted by Gasteiger charge is 2.33. The monoisotopic (exact) mass is 339 g/mol. The zero-order valence-corrected chi connectivity index (χ0v) is 13.2. The average molecular weight is 339 g/mol. The van der Waals surface area contributed by atoms with E-state index in [4.69, 9.17) is 0 Å². The van der Waals surface area contributed by atoms with Crippen molar-refractivity contribution in [2.45, 2.75) is 57.2 Å². The Morgan fingerprint density at radius 1 is 1.17 bits per heavy atom. The lowest BCUT2D eigenvalue weighted by Crippen LogP contribution is -2.35. The molecule has 0 unspecified atom stereocenters. The summed E-state index contributed by atoms with van der Waals surface area (Å²) in [6.45, 7) is 0. The van der Waals surface area contributed by atoms with Crippen molar-refractivity contribution < 1.29 is 18.0 Å². The van der Waals surface area contributed by atoms with Crippen LogP contribution >= 0.6 is 0 Å². The van der Waals surface area contributed by atoms with Crippen LogP contribution in [0.2, 0.25) is 0 Å². The molecule has 1 fully saturated rings. The van der Waals surface area contributed by atoms with Crippen molar-refractivity contribution in [1.29, 1.82) is 0 Å². The number of alkyl halides is 3. The fourth-order valence-electron chi connectivity index (χ4n) is 3.26. The van der Waals surface area contributed by atoms with E-state index in [2.05, 4.69) is 15.3 Å². The molecule has 1 saturated carbocycles. The highest BCUT2D eigenvalue weighted by molar-refractivity contribution is 5.98. The molecule has 0 atom stereocenters. The standard InChI is InChI=1S/C17H20F3N3O/c18-17(19,20)13-8-9-21-15-12(13)10-14(23-15)16(24)22-11-6-4-2-1-3-5-7-11/h8-11H,1-7H2,(H,21,23)(H,22,24). The lowest BCUT2D eigenvalue weighted by Gasteiger charge is -2.20. The van der Waals surface area contributed by atoms with Crippen molar-refractivity contribution >= 4 is 16.9 Å². The third kappa shape index (κ3) is 3.71. The number of rotatable bonds is 2. The Morgan fingerprint density at radius 3 is 2.50 bits per heavy atom. The highest BCUT2D eigenvalue weighted by atomic mass is 19.4. The van der Waals surface area contributed by atoms with Crippen molar-refractivity contribution in [3.63, 3.8) is 0 Å². The van der Waals surface area contributed by atoms with Crippen LogP contribution in [0.4, 0.5) is 13.2 Å². The molecule has 0 aromatic carbocycles. The Balaban J connectivity index is 1.80. The Bertz CT molecular complexity index is 715. The second kappa shape index (κ2) is 6.83. The molecule has 1 aliphatic carbocycles. The summed E-state index contributed by atoms with van der Waals surface area (Å²) in [6.07, 6.45) is 4.14. The molecular weight excluding hydrogens is 319 g/mol. The van der Waals surface area contributed by atoms with Gasteiger partial charge in [-0.2, -0.15) is 13.2 Å². The zero-order chi connectivity index (χ0) is 17.2. The molecule has 0 bridgehead atoms. The van der Waals surface area contributed by atoms with Crippen molar-refractivity contribution in [2.24, 2.45) is 0 Å². The van der Waals surface area contributed by atoms with E-state index in [9.17, 15) is 18.0 Å². The first-order valence-electron chi connectivity index (χ1n) is 8.31. The Morgan fingerprint density at radius 2 is 1.83 bits per heavy atom. The van der Waals surface area contributed by atoms with E-state index in [1.165, 1.54) is 12.5 Å². The molecule has 0 radical (unpaired) electrons. The van der Waals surface area contributed by atoms with Crippen LogP contribution in [0.1, 0.15) is 61.0 Å². The normalized spacial score (nSPS) is 17.5. The number of amides is 1. The first-order chi connectivity index (χ1) is 11.4. The summed E-state index contributed by atoms with van der Waals surface area (Å²) in [5, 5.41) is 2.87. The number of nitrogens with zero attached hydrogens (tertiary/aromatic N) is 1. The summed E-state index contributed by atoms with van der Waals surface area (Å²) in [4.78, 5) is 19.0. The van der Waals surface area contributed by atoms with E-state index < -0.39 is 11.7 Å². The van der Waals surface area contributed by atoms with Crippen molar-refractivity contribution in [3.05, 3.63) is 29.6 Å². The number of H-pyrrole nitrogens is 1. The van der Waals surface area contributed by atoms with Crippen molar-refractivity contribution in [1.82, 2.24) is 15.3 Å². The maximum Gasteiger partial charge on any atom is 0.417 e. The van der Waals surface area contributed by atoms with Crippen molar-refractivity contribution in [3.8, 4) is 0 Å². The van der Waals surface area contributed by atoms with E-state index in [-0.39, 0.29) is 28.7 Å². The minimum atomic E-state index is -4.48. The van der Waals surface area contributed by atoms with Gasteiger partial charge in [0, 0.05) is 17.6 Å². The third-order valence-electron chi connectivity index (χ3n) is 4.52. The van der Waals surface area contributed by atoms with Crippen LogP contribution in [-0.4, -0.2) is 21.9 Å². The quantitative estimate of drug-likeness (QED) is 0.851. The number of hydrogen-bond donors (Lipinski definition) is 2. The molecule has 24 heavy (non-hydrogen) atoms. The Kier molecular flexibility index (Phi) is 4.78. The van der Waals surface area contributed by atoms with E-state index in [0.29, 0.717) is 0 Å². The molecule has 1 aliphatic rings. The summed E-state index contributed by atoms with van der Waals surface area (Å²) in [6, 6.07) is 2.25. The summed E-state index contributed by atoms with van der Waals surface area (Å²) < 4.78 is 39.1. The number of carbonyl (C=O) groups excluding carboxylic acids is 1. The van der Waals surface area contributed by atoms with Crippen LogP contribution in [0.3, 0.4) is 0 Å². The molecule has 0 saturated heterocycles. The highest BCUT2D eigenvalue weighted by Crippen LogP contribution is 2.34. The topological polar surface area (TPSA) is 57.8 Å². The van der Waals surface area contributed by atoms with Gasteiger partial charge in [0.1, 0.15) is 11.3 Å². The molecule has 0 spiro atoms. The van der Waals surface area contributed by atoms with Crippen LogP contribution in [0.15, 0.2) is 18.3 Å². The van der Waals surface area contributed by atoms with Gasteiger partial charge in [0.05, 0.1) is 5.56 Å². The molecule has 4 nitrogen and oxygen atoms in total. The number of halogens is 3. The van der Waals surface area contributed by atoms with Gasteiger partial charge < -0.3 is 10.3 Å². The zero-order valence-electron chi connectivity index (χ0n) is 13.2. The minimum Gasteiger partial charge on any atom is -0.348 e. The van der Waals surface area contributed by atoms with Gasteiger partial charge in [0.25, 0.3) is 5.91 Å². The fraction of sp³-hybridized carbons (Fsp3) is 0.529. The van der Waals surface area contributed by atoms with E-state index in [0.717, 1.165) is 50.8 Å². The Hall–Kier alpha value is -2.05. The van der Waals surface area contributed by atoms with Crippen LogP contribution < -0.4 is 5.32 Å². The lowest BCUT2D eigenvalue weighted by atomic mass is 9.96. The lowest BCUT2D eigenvalue weighted by molar-refractivity contribution is -0.136. The largest absolute Gasteiger partial charge is 0.417 e. The minimum absolute atomic E-state index is 0.0761. The first kappa shape index (κ1) is 16.8. The summed E-state index contributed by atoms with van der Waals surface area (Å²) >= 11 is 0. The molecule has 2 N–H and O–H groups in total. The number of aromatic amines is 1. The number of carbonyl (C=O) groups is 1. The molecule has 1 amide bonds. The van der Waals surface area contributed by atoms with Gasteiger partial charge in [-0.15, -0.1) is 0 Å². The molecule has 0 aliphatic heterocycles. The van der Waals surface area contributed by atoms with Gasteiger partial charge in [-0.25, -0.2) is 4.98 Å². The maximum atomic E-state index is 13.0. The third-order valence-corrected chi connectivity index (χ3v) is 4.52. The number of fused-ring (bicyclic) bond motifs is 1. The van der Waals surface area contributed by atoms with E-state index in [1.807, 2.05) is 0 Å². The average Bonchev–Trinajstić information content (AvgIpc) is 2.92. The maximum absolute atomic E-state index is 13.0. The molecular formula is C17H20F3N3O. The van der Waals surface area contributed by atoms with Crippen LogP contribution in [0.25, 0.3) is 11.0 Å². The van der Waals surface area contributed by atoms with Crippen LogP contribution in [-0.2, 0) is 6.18 Å². The summed E-state index contributed by atoms with van der Waals surface area (Å²) in [7, 11) is 0. The SMILES string of the molecule is O=C(NC1CCCCCCC1)c1cc2c(C(F)(F)F)ccnc2[nH]1. The molecule has 3 rings (SSSR count). The van der Waals surface area contributed by atoms with Gasteiger partial charge in [-0.05, 0) is 25.0 Å². The van der Waals surface area contributed by atoms with Crippen LogP contribution in [0, 0.1) is 0 Å². The number of nitrogens with one attached hydrogen (secondary N) is 2. The predicted octanol–water partition coefficient (Wildman–Crippen LogP) is 4.42. The van der Waals surface area contributed by atoms with E-state index >= 15 is 0 Å². The molecule has 130 valence electrons. The van der Waals surface area contributed by atoms with E-state index in [1.54, 1.807) is 0 Å². The second-order valence-corrected chi connectivity index (χ2v) is 6.32. The summed E-state index contributed by atoms with van der Waals surface area (Å²) in [5.41, 5.74) is -0.586. The number of hydrogen-bond acceptors (Lipinski definition) is 2. The number of aromatic nitrogens is 2. The molecule has 2 heterocycles. The van der Waals surface area contributed by atoms with Gasteiger partial charge in [0.2, 0.25) is 0 Å². The smallest absolute Gasteiger partial charge is 0.348 e. The van der Waals surface area contributed by atoms with Crippen LogP contribution in [0.5, 0.6) is 0 Å². The molecule has 2 aromatic rings. The van der Waals surface area contributed by atoms with Crippen molar-refractivity contribution in [2.75, 3.05) is 0 Å². The molecule has 2 aromatic heterocycles. The van der Waals surface area contributed by atoms with Gasteiger partial charge in [-0.1, -0.05) is 32.1 Å².